The van der Waals surface area contributed by atoms with Crippen molar-refractivity contribution in [2.75, 3.05) is 0 Å². The normalized spacial score (nSPS) is 11.3. The molecular weight excluding hydrogens is 369 g/mol. The molecule has 0 saturated carbocycles. The van der Waals surface area contributed by atoms with Crippen LogP contribution >= 0.6 is 22.9 Å². The monoisotopic (exact) mass is 385 g/mol. The number of rotatable bonds is 3. The third kappa shape index (κ3) is 2.95. The van der Waals surface area contributed by atoms with E-state index in [4.69, 9.17) is 11.6 Å². The molecule has 0 aliphatic rings. The Morgan fingerprint density at radius 3 is 1.76 bits per heavy atom. The minimum Gasteiger partial charge on any atom is -1.00 e. The van der Waals surface area contributed by atoms with Gasteiger partial charge < -0.3 is 12.4 Å². The molecule has 4 rings (SSSR count). The highest BCUT2D eigenvalue weighted by atomic mass is 35.5. The second-order valence-corrected chi connectivity index (χ2v) is 7.42. The number of aryl methyl sites for hydroxylation is 1. The van der Waals surface area contributed by atoms with Gasteiger partial charge in [-0.25, -0.2) is 0 Å². The average Bonchev–Trinajstić information content (AvgIpc) is 3.00. The largest absolute Gasteiger partial charge is 1.00 e. The molecule has 0 aliphatic heterocycles. The van der Waals surface area contributed by atoms with Crippen LogP contribution in [0.15, 0.2) is 84.9 Å². The summed E-state index contributed by atoms with van der Waals surface area (Å²) in [6.07, 6.45) is 0. The predicted molar refractivity (Wildman–Crippen MR) is 102 cm³/mol. The Morgan fingerprint density at radius 1 is 0.760 bits per heavy atom. The van der Waals surface area contributed by atoms with Gasteiger partial charge in [0, 0.05) is 6.07 Å². The molecule has 0 spiro atoms. The van der Waals surface area contributed by atoms with Crippen molar-refractivity contribution in [1.82, 2.24) is 0 Å². The molecule has 25 heavy (non-hydrogen) atoms. The molecule has 0 aliphatic carbocycles. The number of benzene rings is 3. The summed E-state index contributed by atoms with van der Waals surface area (Å²) in [6.45, 7) is 0. The van der Waals surface area contributed by atoms with Crippen molar-refractivity contribution in [3.63, 3.8) is 0 Å². The minimum absolute atomic E-state index is 0. The van der Waals surface area contributed by atoms with E-state index in [-0.39, 0.29) is 12.4 Å². The molecule has 0 unspecified atom stereocenters. The Morgan fingerprint density at radius 2 is 1.24 bits per heavy atom. The van der Waals surface area contributed by atoms with E-state index >= 15 is 0 Å². The van der Waals surface area contributed by atoms with Crippen LogP contribution in [0, 0.1) is 0 Å². The summed E-state index contributed by atoms with van der Waals surface area (Å²) in [5.74, 6) is 0. The van der Waals surface area contributed by atoms with Gasteiger partial charge in [-0.2, -0.15) is 4.57 Å². The summed E-state index contributed by atoms with van der Waals surface area (Å²) >= 11 is 9.13. The Kier molecular flexibility index (Phi) is 5.14. The quantitative estimate of drug-likeness (QED) is 0.376. The Labute approximate surface area is 162 Å². The van der Waals surface area contributed by atoms with Crippen LogP contribution in [0.5, 0.6) is 0 Å². The first-order valence-electron chi connectivity index (χ1n) is 7.89. The number of alkyl halides is 1. The summed E-state index contributed by atoms with van der Waals surface area (Å²) in [5, 5.41) is 1.11. The van der Waals surface area contributed by atoms with Gasteiger partial charge in [0.05, 0.1) is 0 Å². The van der Waals surface area contributed by atoms with Crippen LogP contribution in [0.25, 0.3) is 10.2 Å². The zero-order valence-electron chi connectivity index (χ0n) is 13.7. The van der Waals surface area contributed by atoms with Gasteiger partial charge in [0.1, 0.15) is 11.7 Å². The molecule has 3 aromatic carbocycles. The van der Waals surface area contributed by atoms with E-state index in [1.807, 2.05) is 36.4 Å². The van der Waals surface area contributed by atoms with Crippen molar-refractivity contribution in [3.8, 4) is 0 Å². The van der Waals surface area contributed by atoms with Gasteiger partial charge in [0.25, 0.3) is 5.01 Å². The summed E-state index contributed by atoms with van der Waals surface area (Å²) in [5.41, 5.74) is 3.37. The molecule has 0 fully saturated rings. The smallest absolute Gasteiger partial charge is 0.268 e. The maximum Gasteiger partial charge on any atom is 0.268 e. The summed E-state index contributed by atoms with van der Waals surface area (Å²) < 4.78 is 3.46. The van der Waals surface area contributed by atoms with E-state index in [1.54, 1.807) is 11.3 Å². The summed E-state index contributed by atoms with van der Waals surface area (Å²) in [6, 6.07) is 29.1. The molecule has 0 atom stereocenters. The van der Waals surface area contributed by atoms with Crippen LogP contribution in [0.2, 0.25) is 0 Å². The molecule has 0 amide bonds. The van der Waals surface area contributed by atoms with E-state index < -0.39 is 4.87 Å². The fourth-order valence-electron chi connectivity index (χ4n) is 3.15. The van der Waals surface area contributed by atoms with Crippen molar-refractivity contribution in [2.45, 2.75) is 4.87 Å². The van der Waals surface area contributed by atoms with Crippen molar-refractivity contribution in [2.24, 2.45) is 7.05 Å². The summed E-state index contributed by atoms with van der Waals surface area (Å²) in [7, 11) is 2.09. The number of hydrogen-bond acceptors (Lipinski definition) is 1. The molecule has 0 bridgehead atoms. The highest BCUT2D eigenvalue weighted by molar-refractivity contribution is 7.18. The summed E-state index contributed by atoms with van der Waals surface area (Å²) in [4.78, 5) is -0.707. The Balaban J connectivity index is 0.00000182. The molecule has 0 saturated heterocycles. The fraction of sp³-hybridized carbons (Fsp3) is 0.0952. The van der Waals surface area contributed by atoms with Gasteiger partial charge in [-0.3, -0.25) is 0 Å². The van der Waals surface area contributed by atoms with E-state index in [0.29, 0.717) is 0 Å². The van der Waals surface area contributed by atoms with Crippen molar-refractivity contribution in [1.29, 1.82) is 0 Å². The van der Waals surface area contributed by atoms with Gasteiger partial charge in [-0.15, -0.1) is 0 Å². The molecular formula is C21H17Cl2NS. The van der Waals surface area contributed by atoms with E-state index in [0.717, 1.165) is 16.1 Å². The van der Waals surface area contributed by atoms with Crippen LogP contribution in [0.4, 0.5) is 0 Å². The molecule has 126 valence electrons. The zero-order chi connectivity index (χ0) is 16.6. The third-order valence-corrected chi connectivity index (χ3v) is 6.44. The number of para-hydroxylation sites is 1. The number of aromatic nitrogens is 1. The Hall–Kier alpha value is -1.87. The standard InChI is InChI=1S/C21H17ClNS.ClH/c1-23-18-14-8-9-15-19(18)24-20(23)21(22,16-10-4-2-5-11-16)17-12-6-3-7-13-17;/h2-15H,1H3;1H/q+1;/p-1. The molecule has 1 aromatic heterocycles. The molecule has 4 heteroatoms. The molecule has 1 heterocycles. The van der Waals surface area contributed by atoms with Gasteiger partial charge in [-0.1, -0.05) is 95.7 Å². The average molecular weight is 386 g/mol. The highest BCUT2D eigenvalue weighted by Crippen LogP contribution is 2.44. The lowest BCUT2D eigenvalue weighted by atomic mass is 9.90. The van der Waals surface area contributed by atoms with E-state index in [9.17, 15) is 0 Å². The van der Waals surface area contributed by atoms with E-state index in [1.165, 1.54) is 10.2 Å². The molecule has 1 nitrogen and oxygen atoms in total. The maximum absolute atomic E-state index is 7.38. The Bertz CT molecular complexity index is 941. The second kappa shape index (κ2) is 7.17. The molecule has 0 N–H and O–H groups in total. The van der Waals surface area contributed by atoms with Crippen LogP contribution in [0.3, 0.4) is 0 Å². The number of halogens is 2. The van der Waals surface area contributed by atoms with Gasteiger partial charge in [-0.05, 0) is 17.2 Å². The first-order valence-corrected chi connectivity index (χ1v) is 9.08. The molecule has 4 aromatic rings. The van der Waals surface area contributed by atoms with Crippen LogP contribution in [-0.2, 0) is 11.9 Å². The van der Waals surface area contributed by atoms with Crippen LogP contribution < -0.4 is 17.0 Å². The van der Waals surface area contributed by atoms with Gasteiger partial charge >= 0.3 is 0 Å². The van der Waals surface area contributed by atoms with Gasteiger partial charge in [0.2, 0.25) is 5.52 Å². The fourth-order valence-corrected chi connectivity index (χ4v) is 4.92. The SMILES string of the molecule is C[n+]1c(C(Cl)(c2ccccc2)c2ccccc2)sc2ccccc21.[Cl-]. The maximum atomic E-state index is 7.38. The van der Waals surface area contributed by atoms with Gasteiger partial charge in [0.15, 0.2) is 4.87 Å². The van der Waals surface area contributed by atoms with E-state index in [2.05, 4.69) is 60.1 Å². The van der Waals surface area contributed by atoms with Crippen molar-refractivity contribution in [3.05, 3.63) is 101 Å². The molecule has 0 radical (unpaired) electrons. The van der Waals surface area contributed by atoms with Crippen molar-refractivity contribution < 1.29 is 17.0 Å². The highest BCUT2D eigenvalue weighted by Gasteiger charge is 2.43. The zero-order valence-corrected chi connectivity index (χ0v) is 16.0. The van der Waals surface area contributed by atoms with Crippen LogP contribution in [-0.4, -0.2) is 0 Å². The number of thiazole rings is 1. The lowest BCUT2D eigenvalue weighted by Gasteiger charge is -2.24. The lowest BCUT2D eigenvalue weighted by Crippen LogP contribution is -3.00. The topological polar surface area (TPSA) is 3.88 Å². The van der Waals surface area contributed by atoms with Crippen LogP contribution in [0.1, 0.15) is 16.1 Å². The first-order chi connectivity index (χ1) is 11.7. The number of hydrogen-bond donors (Lipinski definition) is 0. The first kappa shape index (κ1) is 17.9. The second-order valence-electron chi connectivity index (χ2n) is 5.82. The minimum atomic E-state index is -0.707. The predicted octanol–water partition coefficient (Wildman–Crippen LogP) is 2.26. The number of fused-ring (bicyclic) bond motifs is 1. The third-order valence-electron chi connectivity index (χ3n) is 4.38. The lowest BCUT2D eigenvalue weighted by molar-refractivity contribution is -0.649. The van der Waals surface area contributed by atoms with Crippen molar-refractivity contribution >= 4 is 33.2 Å². The number of nitrogens with zero attached hydrogens (tertiary/aromatic N) is 1.